The van der Waals surface area contributed by atoms with E-state index in [1.165, 1.54) is 5.56 Å². The van der Waals surface area contributed by atoms with Gasteiger partial charge in [0.2, 0.25) is 0 Å². The Morgan fingerprint density at radius 3 is 2.59 bits per heavy atom. The Kier molecular flexibility index (Phi) is 11.0. The van der Waals surface area contributed by atoms with Crippen LogP contribution in [0.4, 0.5) is 0 Å². The molecule has 0 saturated heterocycles. The van der Waals surface area contributed by atoms with E-state index >= 15 is 0 Å². The average Bonchev–Trinajstić information content (AvgIpc) is 2.74. The van der Waals surface area contributed by atoms with Crippen LogP contribution in [0.2, 0.25) is 18.1 Å². The van der Waals surface area contributed by atoms with Crippen LogP contribution in [0, 0.1) is 5.92 Å². The highest BCUT2D eigenvalue weighted by atomic mass is 28.4. The van der Waals surface area contributed by atoms with Crippen LogP contribution in [0.5, 0.6) is 0 Å². The minimum Gasteiger partial charge on any atom is -0.466 e. The van der Waals surface area contributed by atoms with Gasteiger partial charge >= 0.3 is 5.97 Å². The highest BCUT2D eigenvalue weighted by Crippen LogP contribution is 2.39. The van der Waals surface area contributed by atoms with Gasteiger partial charge in [-0.3, -0.25) is 4.79 Å². The third-order valence-electron chi connectivity index (χ3n) is 7.53. The maximum Gasteiger partial charge on any atom is 0.308 e. The minimum atomic E-state index is -1.90. The molecule has 34 heavy (non-hydrogen) atoms. The molecule has 2 rings (SSSR count). The molecule has 0 spiro atoms. The van der Waals surface area contributed by atoms with Gasteiger partial charge < -0.3 is 14.3 Å². The van der Waals surface area contributed by atoms with Gasteiger partial charge in [-0.05, 0) is 81.5 Å². The lowest BCUT2D eigenvalue weighted by molar-refractivity contribution is -0.150. The smallest absolute Gasteiger partial charge is 0.308 e. The number of hydrogen-bond acceptors (Lipinski definition) is 4. The van der Waals surface area contributed by atoms with Crippen LogP contribution in [0.1, 0.15) is 84.6 Å². The summed E-state index contributed by atoms with van der Waals surface area (Å²) in [6.07, 6.45) is 12.3. The number of hydrogen-bond donors (Lipinski definition) is 1. The van der Waals surface area contributed by atoms with Gasteiger partial charge in [-0.1, -0.05) is 69.7 Å². The molecule has 0 bridgehead atoms. The summed E-state index contributed by atoms with van der Waals surface area (Å²) in [6, 6.07) is 10.7. The first-order valence-corrected chi connectivity index (χ1v) is 16.1. The van der Waals surface area contributed by atoms with Crippen molar-refractivity contribution < 1.29 is 19.1 Å². The lowest BCUT2D eigenvalue weighted by Gasteiger charge is -2.39. The molecule has 3 atom stereocenters. The highest BCUT2D eigenvalue weighted by molar-refractivity contribution is 6.74. The van der Waals surface area contributed by atoms with Gasteiger partial charge in [0.05, 0.1) is 24.7 Å². The zero-order valence-electron chi connectivity index (χ0n) is 22.4. The van der Waals surface area contributed by atoms with Crippen LogP contribution in [-0.2, 0) is 20.4 Å². The maximum absolute atomic E-state index is 12.0. The number of aryl methyl sites for hydroxylation is 1. The molecule has 1 saturated carbocycles. The highest BCUT2D eigenvalue weighted by Gasteiger charge is 2.39. The van der Waals surface area contributed by atoms with Gasteiger partial charge in [-0.15, -0.1) is 0 Å². The summed E-state index contributed by atoms with van der Waals surface area (Å²) in [7, 11) is -1.90. The molecule has 3 unspecified atom stereocenters. The lowest BCUT2D eigenvalue weighted by atomic mass is 9.76. The molecule has 192 valence electrons. The van der Waals surface area contributed by atoms with Crippen LogP contribution >= 0.6 is 0 Å². The van der Waals surface area contributed by atoms with Crippen LogP contribution in [0.3, 0.4) is 0 Å². The Morgan fingerprint density at radius 2 is 1.94 bits per heavy atom. The zero-order chi connectivity index (χ0) is 25.2. The average molecular weight is 489 g/mol. The van der Waals surface area contributed by atoms with Gasteiger partial charge in [0.1, 0.15) is 0 Å². The van der Waals surface area contributed by atoms with Crippen molar-refractivity contribution in [2.24, 2.45) is 5.92 Å². The molecule has 0 aromatic heterocycles. The van der Waals surface area contributed by atoms with Crippen molar-refractivity contribution in [3.05, 3.63) is 48.0 Å². The second-order valence-electron chi connectivity index (χ2n) is 11.6. The molecule has 1 fully saturated rings. The van der Waals surface area contributed by atoms with E-state index < -0.39 is 13.9 Å². The number of allylic oxidation sites excluding steroid dienone is 1. The SMILES string of the molecule is CCOC(=O)CC1(O)CCCC(/C=C/C(CCCCc2ccccc2)O[Si](C)(C)C(C)(C)C)C1. The van der Waals surface area contributed by atoms with Crippen molar-refractivity contribution in [2.75, 3.05) is 6.61 Å². The summed E-state index contributed by atoms with van der Waals surface area (Å²) in [5.41, 5.74) is 0.438. The van der Waals surface area contributed by atoms with Crippen molar-refractivity contribution in [1.82, 2.24) is 0 Å². The predicted molar refractivity (Wildman–Crippen MR) is 143 cm³/mol. The Bertz CT molecular complexity index is 768. The topological polar surface area (TPSA) is 55.8 Å². The van der Waals surface area contributed by atoms with E-state index in [4.69, 9.17) is 9.16 Å². The quantitative estimate of drug-likeness (QED) is 0.146. The van der Waals surface area contributed by atoms with E-state index in [-0.39, 0.29) is 29.5 Å². The van der Waals surface area contributed by atoms with E-state index in [9.17, 15) is 9.90 Å². The monoisotopic (exact) mass is 488 g/mol. The Morgan fingerprint density at radius 1 is 1.24 bits per heavy atom. The number of ether oxygens (including phenoxy) is 1. The van der Waals surface area contributed by atoms with Crippen molar-refractivity contribution in [1.29, 1.82) is 0 Å². The Balaban J connectivity index is 2.00. The van der Waals surface area contributed by atoms with E-state index in [1.807, 2.05) is 0 Å². The molecule has 1 aromatic rings. The lowest BCUT2D eigenvalue weighted by Crippen LogP contribution is -2.43. The third-order valence-corrected chi connectivity index (χ3v) is 12.0. The second kappa shape index (κ2) is 13.0. The van der Waals surface area contributed by atoms with Gasteiger partial charge in [0, 0.05) is 0 Å². The fourth-order valence-electron chi connectivity index (χ4n) is 4.54. The first-order valence-electron chi connectivity index (χ1n) is 13.2. The number of esters is 1. The minimum absolute atomic E-state index is 0.0918. The molecule has 1 aromatic carbocycles. The first kappa shape index (κ1) is 28.8. The molecule has 1 aliphatic carbocycles. The molecule has 1 aliphatic rings. The summed E-state index contributed by atoms with van der Waals surface area (Å²) in [6.45, 7) is 13.6. The standard InChI is InChI=1S/C29H48O4Si/c1-7-32-27(30)23-29(31)21-13-17-25(22-29)19-20-26(33-34(5,6)28(2,3)4)18-12-11-16-24-14-9-8-10-15-24/h8-10,14-15,19-20,25-26,31H,7,11-13,16-18,21-23H2,1-6H3/b20-19+. The zero-order valence-corrected chi connectivity index (χ0v) is 23.4. The van der Waals surface area contributed by atoms with Gasteiger partial charge in [-0.2, -0.15) is 0 Å². The summed E-state index contributed by atoms with van der Waals surface area (Å²) >= 11 is 0. The molecule has 0 aliphatic heterocycles. The normalized spacial score (nSPS) is 22.6. The van der Waals surface area contributed by atoms with Crippen molar-refractivity contribution >= 4 is 14.3 Å². The van der Waals surface area contributed by atoms with Crippen LogP contribution in [0.15, 0.2) is 42.5 Å². The number of benzene rings is 1. The molecule has 1 N–H and O–H groups in total. The Labute approximate surface area is 209 Å². The fourth-order valence-corrected chi connectivity index (χ4v) is 5.85. The van der Waals surface area contributed by atoms with E-state index in [1.54, 1.807) is 6.92 Å². The van der Waals surface area contributed by atoms with Gasteiger partial charge in [-0.25, -0.2) is 0 Å². The van der Waals surface area contributed by atoms with Crippen LogP contribution in [-0.4, -0.2) is 37.7 Å². The molecule has 0 heterocycles. The van der Waals surface area contributed by atoms with Crippen LogP contribution < -0.4 is 0 Å². The first-order chi connectivity index (χ1) is 15.9. The van der Waals surface area contributed by atoms with Crippen molar-refractivity contribution in [3.63, 3.8) is 0 Å². The molecular weight excluding hydrogens is 440 g/mol. The second-order valence-corrected chi connectivity index (χ2v) is 16.4. The molecule has 4 nitrogen and oxygen atoms in total. The van der Waals surface area contributed by atoms with E-state index in [2.05, 4.69) is 76.3 Å². The molecule has 5 heteroatoms. The largest absolute Gasteiger partial charge is 0.466 e. The van der Waals surface area contributed by atoms with E-state index in [0.29, 0.717) is 19.4 Å². The number of rotatable bonds is 12. The number of carbonyl (C=O) groups is 1. The van der Waals surface area contributed by atoms with Gasteiger partial charge in [0.25, 0.3) is 0 Å². The van der Waals surface area contributed by atoms with E-state index in [0.717, 1.165) is 38.5 Å². The third kappa shape index (κ3) is 9.67. The summed E-state index contributed by atoms with van der Waals surface area (Å²) in [5.74, 6) is -0.0322. The predicted octanol–water partition coefficient (Wildman–Crippen LogP) is 7.22. The number of aliphatic hydroxyl groups is 1. The summed E-state index contributed by atoms with van der Waals surface area (Å²) in [4.78, 5) is 12.0. The maximum atomic E-state index is 12.0. The summed E-state index contributed by atoms with van der Waals surface area (Å²) in [5, 5.41) is 11.2. The van der Waals surface area contributed by atoms with Crippen LogP contribution in [0.25, 0.3) is 0 Å². The van der Waals surface area contributed by atoms with Gasteiger partial charge in [0.15, 0.2) is 8.32 Å². The Hall–Kier alpha value is -1.43. The summed E-state index contributed by atoms with van der Waals surface area (Å²) < 4.78 is 11.9. The molecule has 0 radical (unpaired) electrons. The molecular formula is C29H48O4Si. The molecule has 0 amide bonds. The number of unbranched alkanes of at least 4 members (excludes halogenated alkanes) is 1. The van der Waals surface area contributed by atoms with Crippen molar-refractivity contribution in [3.8, 4) is 0 Å². The number of carbonyl (C=O) groups excluding carboxylic acids is 1. The fraction of sp³-hybridized carbons (Fsp3) is 0.690. The van der Waals surface area contributed by atoms with Crippen molar-refractivity contribution in [2.45, 2.75) is 115 Å².